The van der Waals surface area contributed by atoms with Gasteiger partial charge < -0.3 is 20.6 Å². The van der Waals surface area contributed by atoms with Crippen LogP contribution in [-0.2, 0) is 0 Å². The number of carbonyl (C=O) groups is 1. The van der Waals surface area contributed by atoms with Crippen molar-refractivity contribution in [2.45, 2.75) is 44.8 Å². The third kappa shape index (κ3) is 5.76. The predicted octanol–water partition coefficient (Wildman–Crippen LogP) is 2.42. The van der Waals surface area contributed by atoms with Gasteiger partial charge in [-0.1, -0.05) is 31.5 Å². The molecule has 24 heavy (non-hydrogen) atoms. The summed E-state index contributed by atoms with van der Waals surface area (Å²) >= 11 is 0. The van der Waals surface area contributed by atoms with Crippen LogP contribution in [-0.4, -0.2) is 48.3 Å². The number of nitrogens with zero attached hydrogens (tertiary/aromatic N) is 1. The molecule has 0 aliphatic carbocycles. The number of likely N-dealkylation sites (tertiary alicyclic amines) is 1. The molecule has 1 aliphatic heterocycles. The third-order valence-electron chi connectivity index (χ3n) is 4.47. The summed E-state index contributed by atoms with van der Waals surface area (Å²) in [5.74, 6) is -0.466. The molecule has 134 valence electrons. The van der Waals surface area contributed by atoms with Crippen LogP contribution in [0, 0.1) is 5.82 Å². The summed E-state index contributed by atoms with van der Waals surface area (Å²) in [6.45, 7) is 5.31. The van der Waals surface area contributed by atoms with Crippen LogP contribution in [0.2, 0.25) is 0 Å². The molecule has 6 heteroatoms. The fourth-order valence-corrected chi connectivity index (χ4v) is 2.96. The smallest absolute Gasteiger partial charge is 0.315 e. The SMILES string of the molecule is CCCCN1CCC(NC(=O)NCC(O)c2ccccc2F)CC1. The predicted molar refractivity (Wildman–Crippen MR) is 92.3 cm³/mol. The van der Waals surface area contributed by atoms with E-state index in [0.29, 0.717) is 0 Å². The Kier molecular flexibility index (Phi) is 7.46. The Morgan fingerprint density at radius 1 is 1.38 bits per heavy atom. The number of carbonyl (C=O) groups excluding carboxylic acids is 1. The topological polar surface area (TPSA) is 64.6 Å². The quantitative estimate of drug-likeness (QED) is 0.716. The zero-order valence-corrected chi connectivity index (χ0v) is 14.3. The third-order valence-corrected chi connectivity index (χ3v) is 4.47. The van der Waals surface area contributed by atoms with Crippen LogP contribution in [0.25, 0.3) is 0 Å². The molecule has 0 bridgehead atoms. The van der Waals surface area contributed by atoms with E-state index in [1.54, 1.807) is 12.1 Å². The molecule has 2 rings (SSSR count). The lowest BCUT2D eigenvalue weighted by molar-refractivity contribution is 0.164. The molecule has 1 unspecified atom stereocenters. The normalized spacial score (nSPS) is 17.5. The second-order valence-corrected chi connectivity index (χ2v) is 6.36. The number of unbranched alkanes of at least 4 members (excludes halogenated alkanes) is 1. The zero-order chi connectivity index (χ0) is 17.4. The number of amides is 2. The van der Waals surface area contributed by atoms with Gasteiger partial charge in [-0.2, -0.15) is 0 Å². The van der Waals surface area contributed by atoms with E-state index in [4.69, 9.17) is 0 Å². The van der Waals surface area contributed by atoms with E-state index in [1.807, 2.05) is 0 Å². The highest BCUT2D eigenvalue weighted by atomic mass is 19.1. The molecule has 0 aromatic heterocycles. The molecule has 2 amide bonds. The van der Waals surface area contributed by atoms with Crippen molar-refractivity contribution in [3.8, 4) is 0 Å². The first kappa shape index (κ1) is 18.7. The summed E-state index contributed by atoms with van der Waals surface area (Å²) in [7, 11) is 0. The largest absolute Gasteiger partial charge is 0.386 e. The molecule has 0 spiro atoms. The van der Waals surface area contributed by atoms with Crippen LogP contribution in [0.15, 0.2) is 24.3 Å². The van der Waals surface area contributed by atoms with Crippen LogP contribution >= 0.6 is 0 Å². The molecule has 1 aliphatic rings. The Hall–Kier alpha value is -1.66. The lowest BCUT2D eigenvalue weighted by Gasteiger charge is -2.32. The first-order valence-corrected chi connectivity index (χ1v) is 8.79. The first-order chi connectivity index (χ1) is 11.6. The first-order valence-electron chi connectivity index (χ1n) is 8.79. The minimum absolute atomic E-state index is 0.0118. The highest BCUT2D eigenvalue weighted by Gasteiger charge is 2.20. The summed E-state index contributed by atoms with van der Waals surface area (Å²) in [6.07, 6.45) is 3.24. The van der Waals surface area contributed by atoms with Crippen LogP contribution in [0.4, 0.5) is 9.18 Å². The molecular formula is C18H28FN3O2. The van der Waals surface area contributed by atoms with Gasteiger partial charge >= 0.3 is 6.03 Å². The number of piperidine rings is 1. The van der Waals surface area contributed by atoms with E-state index in [1.165, 1.54) is 25.0 Å². The summed E-state index contributed by atoms with van der Waals surface area (Å²) in [6, 6.07) is 5.90. The van der Waals surface area contributed by atoms with E-state index in [0.717, 1.165) is 32.5 Å². The van der Waals surface area contributed by atoms with Crippen LogP contribution in [0.1, 0.15) is 44.3 Å². The lowest BCUT2D eigenvalue weighted by atomic mass is 10.0. The Labute approximate surface area is 143 Å². The minimum atomic E-state index is -1.05. The zero-order valence-electron chi connectivity index (χ0n) is 14.3. The number of rotatable bonds is 7. The number of hydrogen-bond donors (Lipinski definition) is 3. The van der Waals surface area contributed by atoms with E-state index in [2.05, 4.69) is 22.5 Å². The van der Waals surface area contributed by atoms with Gasteiger partial charge in [0, 0.05) is 31.2 Å². The lowest BCUT2D eigenvalue weighted by Crippen LogP contribution is -2.48. The molecule has 5 nitrogen and oxygen atoms in total. The fourth-order valence-electron chi connectivity index (χ4n) is 2.96. The van der Waals surface area contributed by atoms with Crippen LogP contribution in [0.3, 0.4) is 0 Å². The van der Waals surface area contributed by atoms with Crippen molar-refractivity contribution in [1.82, 2.24) is 15.5 Å². The van der Waals surface area contributed by atoms with E-state index >= 15 is 0 Å². The highest BCUT2D eigenvalue weighted by molar-refractivity contribution is 5.74. The number of nitrogens with one attached hydrogen (secondary N) is 2. The van der Waals surface area contributed by atoms with Gasteiger partial charge in [-0.3, -0.25) is 0 Å². The maximum atomic E-state index is 13.6. The van der Waals surface area contributed by atoms with Crippen molar-refractivity contribution in [3.63, 3.8) is 0 Å². The number of hydrogen-bond acceptors (Lipinski definition) is 3. The monoisotopic (exact) mass is 337 g/mol. The Morgan fingerprint density at radius 3 is 2.75 bits per heavy atom. The van der Waals surface area contributed by atoms with Gasteiger partial charge in [-0.25, -0.2) is 9.18 Å². The molecule has 1 aromatic rings. The molecule has 1 heterocycles. The number of urea groups is 1. The molecule has 1 atom stereocenters. The van der Waals surface area contributed by atoms with Gasteiger partial charge in [-0.05, 0) is 31.9 Å². The molecule has 0 saturated carbocycles. The maximum Gasteiger partial charge on any atom is 0.315 e. The number of aliphatic hydroxyl groups is 1. The summed E-state index contributed by atoms with van der Waals surface area (Å²) in [4.78, 5) is 14.4. The summed E-state index contributed by atoms with van der Waals surface area (Å²) in [5, 5.41) is 15.5. The van der Waals surface area contributed by atoms with Crippen molar-refractivity contribution < 1.29 is 14.3 Å². The van der Waals surface area contributed by atoms with Gasteiger partial charge in [0.2, 0.25) is 0 Å². The number of halogens is 1. The van der Waals surface area contributed by atoms with E-state index in [9.17, 15) is 14.3 Å². The number of benzene rings is 1. The molecule has 1 fully saturated rings. The van der Waals surface area contributed by atoms with Gasteiger partial charge in [0.1, 0.15) is 5.82 Å². The average molecular weight is 337 g/mol. The molecule has 0 radical (unpaired) electrons. The van der Waals surface area contributed by atoms with Crippen LogP contribution < -0.4 is 10.6 Å². The Balaban J connectivity index is 1.68. The van der Waals surface area contributed by atoms with Crippen molar-refractivity contribution >= 4 is 6.03 Å². The van der Waals surface area contributed by atoms with Gasteiger partial charge in [0.25, 0.3) is 0 Å². The Morgan fingerprint density at radius 2 is 2.08 bits per heavy atom. The van der Waals surface area contributed by atoms with Crippen molar-refractivity contribution in [2.24, 2.45) is 0 Å². The highest BCUT2D eigenvalue weighted by Crippen LogP contribution is 2.15. The number of aliphatic hydroxyl groups excluding tert-OH is 1. The molecule has 1 aromatic carbocycles. The minimum Gasteiger partial charge on any atom is -0.386 e. The Bertz CT molecular complexity index is 519. The standard InChI is InChI=1S/C18H28FN3O2/c1-2-3-10-22-11-8-14(9-12-22)21-18(24)20-13-17(23)15-6-4-5-7-16(15)19/h4-7,14,17,23H,2-3,8-13H2,1H3,(H2,20,21,24). The van der Waals surface area contributed by atoms with Crippen molar-refractivity contribution in [2.75, 3.05) is 26.2 Å². The molecule has 1 saturated heterocycles. The summed E-state index contributed by atoms with van der Waals surface area (Å²) in [5.41, 5.74) is 0.196. The van der Waals surface area contributed by atoms with E-state index < -0.39 is 11.9 Å². The van der Waals surface area contributed by atoms with Crippen molar-refractivity contribution in [3.05, 3.63) is 35.6 Å². The van der Waals surface area contributed by atoms with Gasteiger partial charge in [-0.15, -0.1) is 0 Å². The fraction of sp³-hybridized carbons (Fsp3) is 0.611. The van der Waals surface area contributed by atoms with Crippen LogP contribution in [0.5, 0.6) is 0 Å². The summed E-state index contributed by atoms with van der Waals surface area (Å²) < 4.78 is 13.6. The second kappa shape index (κ2) is 9.59. The average Bonchev–Trinajstić information content (AvgIpc) is 2.59. The van der Waals surface area contributed by atoms with E-state index in [-0.39, 0.29) is 24.2 Å². The van der Waals surface area contributed by atoms with Crippen molar-refractivity contribution in [1.29, 1.82) is 0 Å². The molecular weight excluding hydrogens is 309 g/mol. The second-order valence-electron chi connectivity index (χ2n) is 6.36. The van der Waals surface area contributed by atoms with Gasteiger partial charge in [0.15, 0.2) is 0 Å². The van der Waals surface area contributed by atoms with Gasteiger partial charge in [0.05, 0.1) is 6.10 Å². The maximum absolute atomic E-state index is 13.6. The molecule has 3 N–H and O–H groups in total.